The van der Waals surface area contributed by atoms with Crippen LogP contribution in [0.1, 0.15) is 52.9 Å². The maximum absolute atomic E-state index is 6.05. The van der Waals surface area contributed by atoms with Gasteiger partial charge in [-0.3, -0.25) is 0 Å². The largest absolute Gasteiger partial charge is 0.369 e. The van der Waals surface area contributed by atoms with Gasteiger partial charge in [-0.25, -0.2) is 0 Å². The molecule has 96 valence electrons. The zero-order valence-corrected chi connectivity index (χ0v) is 11.3. The van der Waals surface area contributed by atoms with Crippen LogP contribution in [-0.2, 0) is 9.47 Å². The minimum atomic E-state index is 0.100. The summed E-state index contributed by atoms with van der Waals surface area (Å²) in [5.74, 6) is 0.638. The van der Waals surface area contributed by atoms with E-state index in [1.54, 1.807) is 0 Å². The fourth-order valence-electron chi connectivity index (χ4n) is 3.66. The molecule has 2 saturated heterocycles. The highest BCUT2D eigenvalue weighted by molar-refractivity contribution is 5.16. The van der Waals surface area contributed by atoms with Gasteiger partial charge in [-0.2, -0.15) is 0 Å². The molecule has 3 aliphatic rings. The topological polar surface area (TPSA) is 25.1 Å². The highest BCUT2D eigenvalue weighted by Gasteiger charge is 2.67. The van der Waals surface area contributed by atoms with E-state index in [1.807, 2.05) is 0 Å². The fourth-order valence-corrected chi connectivity index (χ4v) is 3.66. The monoisotopic (exact) mass is 236 g/mol. The number of hydrogen-bond donors (Lipinski definition) is 0. The Kier molecular flexibility index (Phi) is 2.64. The van der Waals surface area contributed by atoms with Gasteiger partial charge >= 0.3 is 0 Å². The molecule has 0 bridgehead atoms. The molecule has 0 aromatic heterocycles. The lowest BCUT2D eigenvalue weighted by molar-refractivity contribution is 0.0886. The number of ether oxygens (including phenoxy) is 2. The van der Waals surface area contributed by atoms with Crippen molar-refractivity contribution in [2.45, 2.75) is 70.2 Å². The van der Waals surface area contributed by atoms with Crippen LogP contribution in [0.15, 0.2) is 11.6 Å². The first-order chi connectivity index (χ1) is 8.07. The number of epoxide rings is 2. The van der Waals surface area contributed by atoms with E-state index in [4.69, 9.17) is 9.47 Å². The van der Waals surface area contributed by atoms with Crippen LogP contribution >= 0.6 is 0 Å². The van der Waals surface area contributed by atoms with Gasteiger partial charge in [-0.05, 0) is 40.0 Å². The van der Waals surface area contributed by atoms with Crippen LogP contribution in [0.2, 0.25) is 0 Å². The van der Waals surface area contributed by atoms with Crippen molar-refractivity contribution in [3.8, 4) is 0 Å². The molecule has 0 amide bonds. The molecule has 2 heteroatoms. The molecule has 3 rings (SSSR count). The van der Waals surface area contributed by atoms with Crippen LogP contribution in [0, 0.1) is 5.92 Å². The van der Waals surface area contributed by atoms with Gasteiger partial charge in [-0.15, -0.1) is 0 Å². The van der Waals surface area contributed by atoms with Crippen LogP contribution in [0.3, 0.4) is 0 Å². The van der Waals surface area contributed by atoms with E-state index in [2.05, 4.69) is 26.8 Å². The summed E-state index contributed by atoms with van der Waals surface area (Å²) in [6.07, 6.45) is 9.05. The molecule has 4 atom stereocenters. The Hall–Kier alpha value is -0.340. The zero-order chi connectivity index (χ0) is 12.1. The van der Waals surface area contributed by atoms with Gasteiger partial charge in [0.2, 0.25) is 0 Å². The Balaban J connectivity index is 1.66. The van der Waals surface area contributed by atoms with Crippen molar-refractivity contribution in [2.24, 2.45) is 5.92 Å². The normalized spacial score (nSPS) is 47.9. The second-order valence-electron chi connectivity index (χ2n) is 6.46. The second kappa shape index (κ2) is 3.83. The van der Waals surface area contributed by atoms with Crippen molar-refractivity contribution in [3.63, 3.8) is 0 Å². The van der Waals surface area contributed by atoms with Crippen molar-refractivity contribution in [2.75, 3.05) is 6.61 Å². The lowest BCUT2D eigenvalue weighted by atomic mass is 9.71. The van der Waals surface area contributed by atoms with E-state index in [-0.39, 0.29) is 11.2 Å². The highest BCUT2D eigenvalue weighted by Crippen LogP contribution is 2.58. The van der Waals surface area contributed by atoms with Crippen molar-refractivity contribution in [1.29, 1.82) is 0 Å². The number of rotatable bonds is 3. The summed E-state index contributed by atoms with van der Waals surface area (Å²) in [5.41, 5.74) is 1.71. The lowest BCUT2D eigenvalue weighted by Gasteiger charge is -2.32. The molecule has 2 aliphatic heterocycles. The lowest BCUT2D eigenvalue weighted by Crippen LogP contribution is -2.39. The quantitative estimate of drug-likeness (QED) is 0.554. The van der Waals surface area contributed by atoms with E-state index in [1.165, 1.54) is 31.3 Å². The zero-order valence-electron chi connectivity index (χ0n) is 11.3. The van der Waals surface area contributed by atoms with Crippen LogP contribution in [0.4, 0.5) is 0 Å². The molecule has 1 spiro atoms. The van der Waals surface area contributed by atoms with E-state index in [9.17, 15) is 0 Å². The maximum Gasteiger partial charge on any atom is 0.0979 e. The summed E-state index contributed by atoms with van der Waals surface area (Å²) >= 11 is 0. The molecule has 3 fully saturated rings. The molecule has 1 saturated carbocycles. The molecule has 0 aromatic rings. The average molecular weight is 236 g/mol. The number of hydrogen-bond acceptors (Lipinski definition) is 2. The van der Waals surface area contributed by atoms with E-state index >= 15 is 0 Å². The van der Waals surface area contributed by atoms with E-state index in [0.29, 0.717) is 12.0 Å². The predicted octanol–water partition coefficient (Wildman–Crippen LogP) is 3.46. The summed E-state index contributed by atoms with van der Waals surface area (Å²) < 4.78 is 11.8. The Morgan fingerprint density at radius 2 is 2.12 bits per heavy atom. The summed E-state index contributed by atoms with van der Waals surface area (Å²) in [5, 5.41) is 0. The van der Waals surface area contributed by atoms with Crippen LogP contribution in [-0.4, -0.2) is 23.9 Å². The number of allylic oxidation sites excluding steroid dienone is 1. The maximum atomic E-state index is 6.05. The molecular formula is C15H24O2. The first-order valence-corrected chi connectivity index (χ1v) is 7.02. The molecule has 0 N–H and O–H groups in total. The molecule has 2 unspecified atom stereocenters. The predicted molar refractivity (Wildman–Crippen MR) is 68.0 cm³/mol. The highest BCUT2D eigenvalue weighted by atomic mass is 16.6. The molecule has 0 aromatic carbocycles. The third kappa shape index (κ3) is 1.96. The first kappa shape index (κ1) is 11.7. The molecular weight excluding hydrogens is 212 g/mol. The van der Waals surface area contributed by atoms with Gasteiger partial charge in [0.15, 0.2) is 0 Å². The van der Waals surface area contributed by atoms with Gasteiger partial charge in [0.25, 0.3) is 0 Å². The molecule has 1 aliphatic carbocycles. The third-order valence-corrected chi connectivity index (χ3v) is 4.90. The fraction of sp³-hybridized carbons (Fsp3) is 0.867. The van der Waals surface area contributed by atoms with Crippen LogP contribution < -0.4 is 0 Å². The molecule has 17 heavy (non-hydrogen) atoms. The van der Waals surface area contributed by atoms with Gasteiger partial charge in [0.05, 0.1) is 23.9 Å². The van der Waals surface area contributed by atoms with Gasteiger partial charge in [0, 0.05) is 5.92 Å². The van der Waals surface area contributed by atoms with Gasteiger partial charge in [-0.1, -0.05) is 24.5 Å². The van der Waals surface area contributed by atoms with Gasteiger partial charge in [0.1, 0.15) is 0 Å². The minimum absolute atomic E-state index is 0.100. The molecule has 0 radical (unpaired) electrons. The first-order valence-electron chi connectivity index (χ1n) is 7.02. The van der Waals surface area contributed by atoms with Crippen molar-refractivity contribution in [1.82, 2.24) is 0 Å². The average Bonchev–Trinajstić information content (AvgIpc) is 3.17. The molecule has 2 heterocycles. The summed E-state index contributed by atoms with van der Waals surface area (Å²) in [4.78, 5) is 0. The summed E-state index contributed by atoms with van der Waals surface area (Å²) in [7, 11) is 0. The Morgan fingerprint density at radius 1 is 1.35 bits per heavy atom. The van der Waals surface area contributed by atoms with Crippen LogP contribution in [0.5, 0.6) is 0 Å². The minimum Gasteiger partial charge on any atom is -0.369 e. The van der Waals surface area contributed by atoms with E-state index in [0.717, 1.165) is 13.0 Å². The van der Waals surface area contributed by atoms with E-state index < -0.39 is 0 Å². The third-order valence-electron chi connectivity index (χ3n) is 4.90. The second-order valence-corrected chi connectivity index (χ2v) is 6.46. The SMILES string of the molecule is CC(C)=CC[C@H]1O[C@]1(C)C1CCCCC12CO2. The Morgan fingerprint density at radius 3 is 2.76 bits per heavy atom. The van der Waals surface area contributed by atoms with Crippen molar-refractivity contribution >= 4 is 0 Å². The smallest absolute Gasteiger partial charge is 0.0979 e. The van der Waals surface area contributed by atoms with Crippen molar-refractivity contribution < 1.29 is 9.47 Å². The Bertz CT molecular complexity index is 339. The summed E-state index contributed by atoms with van der Waals surface area (Å²) in [6, 6.07) is 0. The summed E-state index contributed by atoms with van der Waals surface area (Å²) in [6.45, 7) is 7.60. The molecule has 2 nitrogen and oxygen atoms in total. The Labute approximate surface area is 104 Å². The van der Waals surface area contributed by atoms with Crippen molar-refractivity contribution in [3.05, 3.63) is 11.6 Å². The van der Waals surface area contributed by atoms with Gasteiger partial charge < -0.3 is 9.47 Å². The standard InChI is InChI=1S/C15H24O2/c1-11(2)7-8-13-14(3,17-13)12-6-4-5-9-15(12)10-16-15/h7,12-13H,4-6,8-10H2,1-3H3/t12?,13-,14-,15?/m1/s1. The van der Waals surface area contributed by atoms with Crippen LogP contribution in [0.25, 0.3) is 0 Å².